The standard InChI is InChI=1S/C11H17N3O2S/c1-9(10(15)16-2)13-4-6-14(7-5-13)11-12-3-8-17-11/h3,8-9H,4-7H2,1-2H3. The second kappa shape index (κ2) is 5.46. The van der Waals surface area contributed by atoms with Crippen LogP contribution in [0.15, 0.2) is 11.6 Å². The highest BCUT2D eigenvalue weighted by Gasteiger charge is 2.26. The number of hydrogen-bond acceptors (Lipinski definition) is 6. The van der Waals surface area contributed by atoms with Crippen molar-refractivity contribution in [2.24, 2.45) is 0 Å². The van der Waals surface area contributed by atoms with Gasteiger partial charge in [0.05, 0.1) is 7.11 Å². The van der Waals surface area contributed by atoms with E-state index in [1.807, 2.05) is 18.5 Å². The van der Waals surface area contributed by atoms with Gasteiger partial charge in [-0.2, -0.15) is 0 Å². The molecule has 1 aromatic heterocycles. The molecule has 0 N–H and O–H groups in total. The van der Waals surface area contributed by atoms with Crippen LogP contribution in [0.2, 0.25) is 0 Å². The lowest BCUT2D eigenvalue weighted by atomic mass is 10.2. The summed E-state index contributed by atoms with van der Waals surface area (Å²) in [6.07, 6.45) is 1.82. The SMILES string of the molecule is COC(=O)C(C)N1CCN(c2nccs2)CC1. The maximum Gasteiger partial charge on any atom is 0.322 e. The first-order valence-corrected chi connectivity index (χ1v) is 6.56. The molecule has 1 aliphatic heterocycles. The van der Waals surface area contributed by atoms with Crippen molar-refractivity contribution in [3.8, 4) is 0 Å². The van der Waals surface area contributed by atoms with E-state index in [0.717, 1.165) is 31.3 Å². The van der Waals surface area contributed by atoms with Gasteiger partial charge in [-0.05, 0) is 6.92 Å². The van der Waals surface area contributed by atoms with E-state index in [1.165, 1.54) is 7.11 Å². The van der Waals surface area contributed by atoms with E-state index in [0.29, 0.717) is 0 Å². The van der Waals surface area contributed by atoms with Crippen molar-refractivity contribution in [2.75, 3.05) is 38.2 Å². The Hall–Kier alpha value is -1.14. The van der Waals surface area contributed by atoms with Crippen LogP contribution in [0.5, 0.6) is 0 Å². The van der Waals surface area contributed by atoms with Crippen molar-refractivity contribution in [2.45, 2.75) is 13.0 Å². The smallest absolute Gasteiger partial charge is 0.322 e. The topological polar surface area (TPSA) is 45.7 Å². The summed E-state index contributed by atoms with van der Waals surface area (Å²) >= 11 is 1.65. The van der Waals surface area contributed by atoms with Gasteiger partial charge in [-0.15, -0.1) is 11.3 Å². The van der Waals surface area contributed by atoms with Crippen molar-refractivity contribution < 1.29 is 9.53 Å². The lowest BCUT2D eigenvalue weighted by Gasteiger charge is -2.36. The Bertz CT molecular complexity index is 361. The molecule has 2 heterocycles. The molecule has 0 radical (unpaired) electrons. The van der Waals surface area contributed by atoms with E-state index in [9.17, 15) is 4.79 Å². The molecule has 94 valence electrons. The van der Waals surface area contributed by atoms with Crippen molar-refractivity contribution in [1.29, 1.82) is 0 Å². The molecule has 1 aliphatic rings. The third-order valence-electron chi connectivity index (χ3n) is 3.09. The molecule has 0 bridgehead atoms. The number of rotatable bonds is 3. The number of thiazole rings is 1. The van der Waals surface area contributed by atoms with Crippen molar-refractivity contribution in [3.63, 3.8) is 0 Å². The van der Waals surface area contributed by atoms with Crippen LogP contribution in [-0.2, 0) is 9.53 Å². The van der Waals surface area contributed by atoms with Crippen LogP contribution in [0.1, 0.15) is 6.92 Å². The molecule has 1 saturated heterocycles. The Labute approximate surface area is 105 Å². The maximum absolute atomic E-state index is 11.4. The number of aromatic nitrogens is 1. The van der Waals surface area contributed by atoms with E-state index in [2.05, 4.69) is 14.8 Å². The van der Waals surface area contributed by atoms with Crippen LogP contribution in [0, 0.1) is 0 Å². The van der Waals surface area contributed by atoms with E-state index >= 15 is 0 Å². The van der Waals surface area contributed by atoms with Crippen LogP contribution < -0.4 is 4.90 Å². The van der Waals surface area contributed by atoms with Gasteiger partial charge in [-0.1, -0.05) is 0 Å². The average Bonchev–Trinajstić information content (AvgIpc) is 2.91. The fourth-order valence-corrected chi connectivity index (χ4v) is 2.69. The number of nitrogens with zero attached hydrogens (tertiary/aromatic N) is 3. The first-order chi connectivity index (χ1) is 8.22. The predicted octanol–water partition coefficient (Wildman–Crippen LogP) is 0.827. The Morgan fingerprint density at radius 2 is 2.18 bits per heavy atom. The second-order valence-electron chi connectivity index (χ2n) is 4.04. The fourth-order valence-electron chi connectivity index (χ4n) is 1.99. The minimum Gasteiger partial charge on any atom is -0.468 e. The maximum atomic E-state index is 11.4. The molecule has 17 heavy (non-hydrogen) atoms. The van der Waals surface area contributed by atoms with Crippen molar-refractivity contribution in [3.05, 3.63) is 11.6 Å². The van der Waals surface area contributed by atoms with Crippen LogP contribution >= 0.6 is 11.3 Å². The van der Waals surface area contributed by atoms with Crippen molar-refractivity contribution in [1.82, 2.24) is 9.88 Å². The highest BCUT2D eigenvalue weighted by atomic mass is 32.1. The molecule has 0 spiro atoms. The van der Waals surface area contributed by atoms with Gasteiger partial charge in [0, 0.05) is 37.8 Å². The second-order valence-corrected chi connectivity index (χ2v) is 4.91. The van der Waals surface area contributed by atoms with Gasteiger partial charge in [0.15, 0.2) is 5.13 Å². The van der Waals surface area contributed by atoms with Crippen LogP contribution in [-0.4, -0.2) is 55.2 Å². The molecule has 1 unspecified atom stereocenters. The molecular weight excluding hydrogens is 238 g/mol. The third-order valence-corrected chi connectivity index (χ3v) is 3.93. The minimum atomic E-state index is -0.160. The number of hydrogen-bond donors (Lipinski definition) is 0. The van der Waals surface area contributed by atoms with Gasteiger partial charge in [0.1, 0.15) is 6.04 Å². The van der Waals surface area contributed by atoms with E-state index in [-0.39, 0.29) is 12.0 Å². The Kier molecular flexibility index (Phi) is 3.96. The molecule has 1 fully saturated rings. The monoisotopic (exact) mass is 255 g/mol. The number of ether oxygens (including phenoxy) is 1. The summed E-state index contributed by atoms with van der Waals surface area (Å²) in [6, 6.07) is -0.154. The van der Waals surface area contributed by atoms with Crippen LogP contribution in [0.4, 0.5) is 5.13 Å². The largest absolute Gasteiger partial charge is 0.468 e. The van der Waals surface area contributed by atoms with Gasteiger partial charge in [-0.3, -0.25) is 9.69 Å². The zero-order valence-electron chi connectivity index (χ0n) is 10.1. The Morgan fingerprint density at radius 3 is 2.71 bits per heavy atom. The highest BCUT2D eigenvalue weighted by Crippen LogP contribution is 2.19. The highest BCUT2D eigenvalue weighted by molar-refractivity contribution is 7.13. The van der Waals surface area contributed by atoms with Crippen molar-refractivity contribution >= 4 is 22.4 Å². The summed E-state index contributed by atoms with van der Waals surface area (Å²) in [5, 5.41) is 3.05. The molecule has 0 aromatic carbocycles. The summed E-state index contributed by atoms with van der Waals surface area (Å²) in [4.78, 5) is 20.1. The number of methoxy groups -OCH3 is 1. The van der Waals surface area contributed by atoms with Gasteiger partial charge in [-0.25, -0.2) is 4.98 Å². The number of esters is 1. The minimum absolute atomic E-state index is 0.154. The van der Waals surface area contributed by atoms with Gasteiger partial charge in [0.2, 0.25) is 0 Å². The molecule has 5 nitrogen and oxygen atoms in total. The van der Waals surface area contributed by atoms with Gasteiger partial charge < -0.3 is 9.64 Å². The average molecular weight is 255 g/mol. The molecule has 1 atom stereocenters. The molecule has 1 aromatic rings. The molecule has 2 rings (SSSR count). The Morgan fingerprint density at radius 1 is 1.47 bits per heavy atom. The van der Waals surface area contributed by atoms with Crippen LogP contribution in [0.3, 0.4) is 0 Å². The molecule has 0 saturated carbocycles. The Balaban J connectivity index is 1.88. The zero-order valence-corrected chi connectivity index (χ0v) is 10.9. The summed E-state index contributed by atoms with van der Waals surface area (Å²) in [7, 11) is 1.44. The number of anilines is 1. The molecular formula is C11H17N3O2S. The number of carbonyl (C=O) groups excluding carboxylic acids is 1. The lowest BCUT2D eigenvalue weighted by molar-refractivity contribution is -0.146. The summed E-state index contributed by atoms with van der Waals surface area (Å²) in [6.45, 7) is 5.46. The van der Waals surface area contributed by atoms with Crippen LogP contribution in [0.25, 0.3) is 0 Å². The van der Waals surface area contributed by atoms with E-state index in [1.54, 1.807) is 11.3 Å². The molecule has 0 aliphatic carbocycles. The zero-order chi connectivity index (χ0) is 12.3. The van der Waals surface area contributed by atoms with E-state index < -0.39 is 0 Å². The number of piperazine rings is 1. The quantitative estimate of drug-likeness (QED) is 0.749. The summed E-state index contributed by atoms with van der Waals surface area (Å²) in [5.74, 6) is -0.160. The lowest BCUT2D eigenvalue weighted by Crippen LogP contribution is -2.52. The number of carbonyl (C=O) groups is 1. The van der Waals surface area contributed by atoms with E-state index in [4.69, 9.17) is 4.74 Å². The predicted molar refractivity (Wildman–Crippen MR) is 67.4 cm³/mol. The first kappa shape index (κ1) is 12.3. The first-order valence-electron chi connectivity index (χ1n) is 5.68. The fraction of sp³-hybridized carbons (Fsp3) is 0.636. The molecule has 6 heteroatoms. The molecule has 0 amide bonds. The summed E-state index contributed by atoms with van der Waals surface area (Å²) in [5.41, 5.74) is 0. The van der Waals surface area contributed by atoms with Gasteiger partial charge >= 0.3 is 5.97 Å². The summed E-state index contributed by atoms with van der Waals surface area (Å²) < 4.78 is 4.76. The van der Waals surface area contributed by atoms with Gasteiger partial charge in [0.25, 0.3) is 0 Å². The normalized spacial score (nSPS) is 19.1. The third kappa shape index (κ3) is 2.76.